The van der Waals surface area contributed by atoms with Crippen molar-refractivity contribution in [3.8, 4) is 11.5 Å². The number of thioether (sulfide) groups is 1. The number of benzene rings is 2. The monoisotopic (exact) mass is 468 g/mol. The van der Waals surface area contributed by atoms with Crippen LogP contribution in [0.5, 0.6) is 11.5 Å². The summed E-state index contributed by atoms with van der Waals surface area (Å²) in [5, 5.41) is 13.3. The number of rotatable bonds is 8. The zero-order valence-corrected chi connectivity index (χ0v) is 18.5. The van der Waals surface area contributed by atoms with Crippen molar-refractivity contribution in [1.29, 1.82) is 0 Å². The molecule has 1 heterocycles. The molecule has 1 fully saturated rings. The molecule has 0 aliphatic carbocycles. The van der Waals surface area contributed by atoms with Crippen LogP contribution >= 0.6 is 11.8 Å². The van der Waals surface area contributed by atoms with E-state index in [0.717, 1.165) is 17.8 Å². The summed E-state index contributed by atoms with van der Waals surface area (Å²) in [6.07, 6.45) is 2.50. The van der Waals surface area contributed by atoms with Gasteiger partial charge in [-0.05, 0) is 36.0 Å². The fourth-order valence-corrected chi connectivity index (χ4v) is 3.32. The van der Waals surface area contributed by atoms with Crippen LogP contribution in [0.15, 0.2) is 69.7 Å². The summed E-state index contributed by atoms with van der Waals surface area (Å²) in [6.45, 7) is -0.231. The summed E-state index contributed by atoms with van der Waals surface area (Å²) in [7, 11) is 2.74. The number of carbonyl (C=O) groups excluding carboxylic acids is 3. The molecule has 2 N–H and O–H groups in total. The zero-order chi connectivity index (χ0) is 23.6. The number of hydrogen-bond acceptors (Lipinski definition) is 9. The predicted molar refractivity (Wildman–Crippen MR) is 124 cm³/mol. The van der Waals surface area contributed by atoms with Gasteiger partial charge >= 0.3 is 5.97 Å². The molecule has 0 unspecified atom stereocenters. The maximum Gasteiger partial charge on any atom is 0.331 e. The van der Waals surface area contributed by atoms with E-state index in [4.69, 9.17) is 9.47 Å². The number of esters is 1. The van der Waals surface area contributed by atoms with Gasteiger partial charge in [-0.3, -0.25) is 14.9 Å². The first-order chi connectivity index (χ1) is 16.0. The van der Waals surface area contributed by atoms with Gasteiger partial charge in [0.05, 0.1) is 31.0 Å². The number of methoxy groups -OCH3 is 2. The van der Waals surface area contributed by atoms with E-state index in [2.05, 4.69) is 25.6 Å². The summed E-state index contributed by atoms with van der Waals surface area (Å²) < 4.78 is 15.3. The second-order valence-corrected chi connectivity index (χ2v) is 7.34. The van der Waals surface area contributed by atoms with Gasteiger partial charge in [-0.2, -0.15) is 5.10 Å². The average molecular weight is 468 g/mol. The van der Waals surface area contributed by atoms with Gasteiger partial charge in [0.25, 0.3) is 11.8 Å². The SMILES string of the molecule is COC(=O)/C=C1/S/C(=N\N=Cc2ccccc2OCC(=O)Nc2ccccc2OC)NC1=O. The Hall–Kier alpha value is -4.12. The minimum absolute atomic E-state index is 0.153. The maximum absolute atomic E-state index is 12.3. The minimum atomic E-state index is -0.641. The fourth-order valence-electron chi connectivity index (χ4n) is 2.58. The van der Waals surface area contributed by atoms with Gasteiger partial charge in [0.2, 0.25) is 0 Å². The Morgan fingerprint density at radius 3 is 2.58 bits per heavy atom. The number of anilines is 1. The van der Waals surface area contributed by atoms with E-state index in [1.807, 2.05) is 0 Å². The maximum atomic E-state index is 12.3. The Morgan fingerprint density at radius 1 is 1.09 bits per heavy atom. The zero-order valence-electron chi connectivity index (χ0n) is 17.7. The van der Waals surface area contributed by atoms with Crippen molar-refractivity contribution in [2.45, 2.75) is 0 Å². The Morgan fingerprint density at radius 2 is 1.82 bits per heavy atom. The van der Waals surface area contributed by atoms with Crippen LogP contribution in [0.25, 0.3) is 0 Å². The summed E-state index contributed by atoms with van der Waals surface area (Å²) in [5.74, 6) is -0.506. The average Bonchev–Trinajstić information content (AvgIpc) is 3.17. The first kappa shape index (κ1) is 23.5. The first-order valence-electron chi connectivity index (χ1n) is 9.54. The van der Waals surface area contributed by atoms with Crippen molar-refractivity contribution < 1.29 is 28.6 Å². The number of hydrogen-bond donors (Lipinski definition) is 2. The van der Waals surface area contributed by atoms with E-state index >= 15 is 0 Å². The molecule has 0 spiro atoms. The van der Waals surface area contributed by atoms with E-state index in [1.54, 1.807) is 48.5 Å². The van der Waals surface area contributed by atoms with Crippen LogP contribution in [0.2, 0.25) is 0 Å². The molecule has 0 saturated carbocycles. The Labute approximate surface area is 193 Å². The third-order valence-corrected chi connectivity index (χ3v) is 5.01. The topological polar surface area (TPSA) is 128 Å². The van der Waals surface area contributed by atoms with Crippen molar-refractivity contribution >= 4 is 46.6 Å². The van der Waals surface area contributed by atoms with Gasteiger partial charge < -0.3 is 19.5 Å². The highest BCUT2D eigenvalue weighted by atomic mass is 32.2. The largest absolute Gasteiger partial charge is 0.495 e. The second-order valence-electron chi connectivity index (χ2n) is 6.31. The van der Waals surface area contributed by atoms with E-state index in [9.17, 15) is 14.4 Å². The molecule has 2 amide bonds. The van der Waals surface area contributed by atoms with E-state index in [-0.39, 0.29) is 22.6 Å². The van der Waals surface area contributed by atoms with Gasteiger partial charge in [-0.25, -0.2) is 4.79 Å². The normalized spacial score (nSPS) is 15.5. The highest BCUT2D eigenvalue weighted by Gasteiger charge is 2.25. The quantitative estimate of drug-likeness (QED) is 0.263. The van der Waals surface area contributed by atoms with E-state index in [0.29, 0.717) is 22.7 Å². The van der Waals surface area contributed by atoms with Gasteiger partial charge in [-0.1, -0.05) is 24.3 Å². The smallest absolute Gasteiger partial charge is 0.331 e. The molecule has 0 radical (unpaired) electrons. The van der Waals surface area contributed by atoms with Crippen molar-refractivity contribution in [2.75, 3.05) is 26.1 Å². The van der Waals surface area contributed by atoms with E-state index < -0.39 is 11.9 Å². The van der Waals surface area contributed by atoms with Crippen molar-refractivity contribution in [1.82, 2.24) is 5.32 Å². The summed E-state index contributed by atoms with van der Waals surface area (Å²) in [4.78, 5) is 35.6. The molecule has 2 aromatic carbocycles. The molecule has 33 heavy (non-hydrogen) atoms. The summed E-state index contributed by atoms with van der Waals surface area (Å²) >= 11 is 0.961. The molecule has 1 saturated heterocycles. The molecule has 0 aromatic heterocycles. The van der Waals surface area contributed by atoms with Crippen LogP contribution in [-0.4, -0.2) is 50.0 Å². The van der Waals surface area contributed by atoms with Crippen LogP contribution in [0.4, 0.5) is 5.69 Å². The number of para-hydroxylation sites is 3. The molecule has 1 aliphatic heterocycles. The summed E-state index contributed by atoms with van der Waals surface area (Å²) in [6, 6.07) is 14.0. The number of amides is 2. The van der Waals surface area contributed by atoms with Crippen LogP contribution in [0, 0.1) is 0 Å². The van der Waals surface area contributed by atoms with Crippen LogP contribution in [-0.2, 0) is 19.1 Å². The molecule has 0 bridgehead atoms. The number of ether oxygens (including phenoxy) is 3. The van der Waals surface area contributed by atoms with E-state index in [1.165, 1.54) is 20.4 Å². The van der Waals surface area contributed by atoms with Gasteiger partial charge in [0.15, 0.2) is 11.8 Å². The van der Waals surface area contributed by atoms with Crippen LogP contribution in [0.1, 0.15) is 5.56 Å². The van der Waals surface area contributed by atoms with Gasteiger partial charge in [0, 0.05) is 11.6 Å². The van der Waals surface area contributed by atoms with Crippen molar-refractivity contribution in [3.63, 3.8) is 0 Å². The third-order valence-electron chi connectivity index (χ3n) is 4.11. The molecule has 2 aromatic rings. The molecule has 3 rings (SSSR count). The number of nitrogens with zero attached hydrogens (tertiary/aromatic N) is 2. The highest BCUT2D eigenvalue weighted by Crippen LogP contribution is 2.24. The predicted octanol–water partition coefficient (Wildman–Crippen LogP) is 2.32. The number of amidine groups is 1. The van der Waals surface area contributed by atoms with Gasteiger partial charge in [-0.15, -0.1) is 5.10 Å². The fraction of sp³-hybridized carbons (Fsp3) is 0.136. The Kier molecular flexibility index (Phi) is 8.19. The lowest BCUT2D eigenvalue weighted by Crippen LogP contribution is -2.20. The van der Waals surface area contributed by atoms with Gasteiger partial charge in [0.1, 0.15) is 11.5 Å². The molecule has 10 nitrogen and oxygen atoms in total. The molecule has 1 aliphatic rings. The first-order valence-corrected chi connectivity index (χ1v) is 10.4. The van der Waals surface area contributed by atoms with Crippen LogP contribution in [0.3, 0.4) is 0 Å². The Bertz CT molecular complexity index is 1150. The third kappa shape index (κ3) is 6.68. The Balaban J connectivity index is 1.61. The summed E-state index contributed by atoms with van der Waals surface area (Å²) in [5.41, 5.74) is 1.11. The van der Waals surface area contributed by atoms with Crippen molar-refractivity contribution in [2.24, 2.45) is 10.2 Å². The number of carbonyl (C=O) groups is 3. The molecular weight excluding hydrogens is 448 g/mol. The molecule has 0 atom stereocenters. The standard InChI is InChI=1S/C22H20N4O6S/c1-30-17-10-6-4-8-15(17)24-19(27)13-32-16-9-5-3-7-14(16)12-23-26-22-25-21(29)18(33-22)11-20(28)31-2/h3-12H,13H2,1-2H3,(H,24,27)(H,25,26,29)/b18-11+,23-12?. The number of nitrogens with one attached hydrogen (secondary N) is 2. The minimum Gasteiger partial charge on any atom is -0.495 e. The lowest BCUT2D eigenvalue weighted by atomic mass is 10.2. The molecule has 170 valence electrons. The lowest BCUT2D eigenvalue weighted by Gasteiger charge is -2.11. The molecular formula is C22H20N4O6S. The molecule has 11 heteroatoms. The second kappa shape index (κ2) is 11.5. The lowest BCUT2D eigenvalue weighted by molar-refractivity contribution is -0.135. The van der Waals surface area contributed by atoms with Crippen molar-refractivity contribution in [3.05, 3.63) is 65.1 Å². The highest BCUT2D eigenvalue weighted by molar-refractivity contribution is 8.18. The van der Waals surface area contributed by atoms with Crippen LogP contribution < -0.4 is 20.1 Å².